The maximum Gasteiger partial charge on any atom is 0.258 e. The highest BCUT2D eigenvalue weighted by molar-refractivity contribution is 7.97. The van der Waals surface area contributed by atoms with Gasteiger partial charge in [-0.2, -0.15) is 5.10 Å². The minimum atomic E-state index is -0.714. The molecule has 7 nitrogen and oxygen atoms in total. The second kappa shape index (κ2) is 8.72. The molecule has 1 unspecified atom stereocenters. The second-order valence-electron chi connectivity index (χ2n) is 7.34. The average molecular weight is 467 g/mol. The van der Waals surface area contributed by atoms with Gasteiger partial charge in [0.15, 0.2) is 6.61 Å². The summed E-state index contributed by atoms with van der Waals surface area (Å²) in [5, 5.41) is 19.7. The lowest BCUT2D eigenvalue weighted by molar-refractivity contribution is -0.123. The molecule has 2 aromatic carbocycles. The van der Waals surface area contributed by atoms with Gasteiger partial charge in [-0.15, -0.1) is 11.8 Å². The van der Waals surface area contributed by atoms with Gasteiger partial charge in [0.05, 0.1) is 16.6 Å². The molecule has 0 bridgehead atoms. The summed E-state index contributed by atoms with van der Waals surface area (Å²) in [6.45, 7) is -0.176. The number of ether oxygens (including phenoxy) is 1. The molecule has 2 N–H and O–H groups in total. The number of phenolic OH excluding ortho intramolecular Hbond substituents is 1. The number of hydrogen-bond donors (Lipinski definition) is 2. The Hall–Kier alpha value is -3.23. The van der Waals surface area contributed by atoms with Crippen LogP contribution in [0.25, 0.3) is 10.9 Å². The van der Waals surface area contributed by atoms with E-state index in [1.54, 1.807) is 48.3 Å². The Bertz CT molecular complexity index is 1270. The fraction of sp³-hybridized carbons (Fsp3) is 0.174. The number of rotatable bonds is 6. The summed E-state index contributed by atoms with van der Waals surface area (Å²) >= 11 is 8.27. The number of para-hydroxylation sites is 1. The number of aromatic hydroxyl groups is 1. The number of carbonyl (C=O) groups is 1. The lowest BCUT2D eigenvalue weighted by Crippen LogP contribution is -2.33. The van der Waals surface area contributed by atoms with Gasteiger partial charge < -0.3 is 15.2 Å². The number of fused-ring (bicyclic) bond motifs is 2. The number of hydrogen-bond acceptors (Lipinski definition) is 6. The normalized spacial score (nSPS) is 13.7. The third-order valence-electron chi connectivity index (χ3n) is 5.22. The van der Waals surface area contributed by atoms with E-state index in [4.69, 9.17) is 16.3 Å². The van der Waals surface area contributed by atoms with Crippen molar-refractivity contribution in [2.24, 2.45) is 0 Å². The van der Waals surface area contributed by atoms with Crippen LogP contribution in [0.4, 0.5) is 0 Å². The number of carbonyl (C=O) groups excluding carboxylic acids is 1. The number of thioether (sulfide) groups is 1. The van der Waals surface area contributed by atoms with Crippen LogP contribution in [0.5, 0.6) is 11.5 Å². The van der Waals surface area contributed by atoms with E-state index in [1.807, 2.05) is 28.9 Å². The van der Waals surface area contributed by atoms with Gasteiger partial charge in [0.25, 0.3) is 5.91 Å². The fourth-order valence-electron chi connectivity index (χ4n) is 3.69. The Morgan fingerprint density at radius 1 is 1.25 bits per heavy atom. The number of halogens is 1. The molecule has 0 saturated carbocycles. The zero-order valence-electron chi connectivity index (χ0n) is 16.9. The number of amides is 1. The van der Waals surface area contributed by atoms with Crippen molar-refractivity contribution < 1.29 is 14.6 Å². The maximum absolute atomic E-state index is 12.8. The van der Waals surface area contributed by atoms with Gasteiger partial charge >= 0.3 is 0 Å². The molecule has 0 aliphatic carbocycles. The topological polar surface area (TPSA) is 89.3 Å². The molecule has 32 heavy (non-hydrogen) atoms. The van der Waals surface area contributed by atoms with Crippen LogP contribution < -0.4 is 10.1 Å². The third-order valence-corrected chi connectivity index (χ3v) is 6.46. The van der Waals surface area contributed by atoms with Crippen LogP contribution in [0.1, 0.15) is 23.0 Å². The van der Waals surface area contributed by atoms with Gasteiger partial charge in [0, 0.05) is 28.6 Å². The Kier molecular flexibility index (Phi) is 5.63. The summed E-state index contributed by atoms with van der Waals surface area (Å²) in [5.41, 5.74) is 2.49. The van der Waals surface area contributed by atoms with Crippen molar-refractivity contribution in [2.75, 3.05) is 6.61 Å². The summed E-state index contributed by atoms with van der Waals surface area (Å²) < 4.78 is 7.48. The first-order valence-electron chi connectivity index (χ1n) is 9.98. The molecule has 1 amide bonds. The van der Waals surface area contributed by atoms with Crippen molar-refractivity contribution in [1.29, 1.82) is 0 Å². The molecular formula is C23H19ClN4O3S. The molecule has 1 aliphatic heterocycles. The van der Waals surface area contributed by atoms with Crippen LogP contribution in [0.2, 0.25) is 5.02 Å². The smallest absolute Gasteiger partial charge is 0.258 e. The van der Waals surface area contributed by atoms with Crippen molar-refractivity contribution in [2.45, 2.75) is 17.7 Å². The standard InChI is InChI=1S/C23H19ClN4O3S/c24-18-10-17(23(30)22-16(18)7-4-8-25-22)21(19-9-14-12-32-13-28(14)27-19)26-20(29)11-31-15-5-2-1-3-6-15/h1-10,21,30H,11-13H2,(H,26,29). The molecule has 1 atom stereocenters. The monoisotopic (exact) mass is 466 g/mol. The highest BCUT2D eigenvalue weighted by Gasteiger charge is 2.27. The average Bonchev–Trinajstić information content (AvgIpc) is 3.42. The summed E-state index contributed by atoms with van der Waals surface area (Å²) in [6, 6.07) is 15.5. The molecule has 0 radical (unpaired) electrons. The number of nitrogens with zero attached hydrogens (tertiary/aromatic N) is 3. The highest BCUT2D eigenvalue weighted by Crippen LogP contribution is 2.39. The van der Waals surface area contributed by atoms with E-state index in [1.165, 1.54) is 0 Å². The summed E-state index contributed by atoms with van der Waals surface area (Å²) in [6.07, 6.45) is 1.59. The largest absolute Gasteiger partial charge is 0.505 e. The first-order valence-corrected chi connectivity index (χ1v) is 11.5. The van der Waals surface area contributed by atoms with E-state index in [2.05, 4.69) is 15.4 Å². The first-order chi connectivity index (χ1) is 15.6. The Morgan fingerprint density at radius 2 is 2.09 bits per heavy atom. The molecular weight excluding hydrogens is 448 g/mol. The van der Waals surface area contributed by atoms with Gasteiger partial charge in [-0.3, -0.25) is 14.5 Å². The third kappa shape index (κ3) is 3.99. The molecule has 1 aliphatic rings. The van der Waals surface area contributed by atoms with Crippen molar-refractivity contribution in [3.63, 3.8) is 0 Å². The lowest BCUT2D eigenvalue weighted by Gasteiger charge is -2.20. The fourth-order valence-corrected chi connectivity index (χ4v) is 4.89. The van der Waals surface area contributed by atoms with Gasteiger partial charge in [-0.25, -0.2) is 0 Å². The molecule has 0 saturated heterocycles. The second-order valence-corrected chi connectivity index (χ2v) is 8.70. The molecule has 9 heteroatoms. The molecule has 2 aromatic heterocycles. The molecule has 5 rings (SSSR count). The number of phenols is 1. The van der Waals surface area contributed by atoms with Crippen LogP contribution in [0, 0.1) is 0 Å². The first kappa shape index (κ1) is 20.7. The lowest BCUT2D eigenvalue weighted by atomic mass is 9.99. The van der Waals surface area contributed by atoms with E-state index in [9.17, 15) is 9.90 Å². The van der Waals surface area contributed by atoms with Crippen LogP contribution in [-0.2, 0) is 16.4 Å². The Morgan fingerprint density at radius 3 is 2.91 bits per heavy atom. The van der Waals surface area contributed by atoms with Crippen LogP contribution in [-0.4, -0.2) is 32.4 Å². The van der Waals surface area contributed by atoms with Gasteiger partial charge in [0.1, 0.15) is 23.1 Å². The zero-order chi connectivity index (χ0) is 22.1. The molecule has 162 valence electrons. The van der Waals surface area contributed by atoms with E-state index in [-0.39, 0.29) is 18.3 Å². The quantitative estimate of drug-likeness (QED) is 0.441. The van der Waals surface area contributed by atoms with Crippen molar-refractivity contribution in [1.82, 2.24) is 20.1 Å². The summed E-state index contributed by atoms with van der Waals surface area (Å²) in [4.78, 5) is 17.1. The molecule has 0 fully saturated rings. The Labute approximate surface area is 193 Å². The molecule has 0 spiro atoms. The SMILES string of the molecule is O=C(COc1ccccc1)NC(c1cc2n(n1)CSC2)c1cc(Cl)c2cccnc2c1O. The zero-order valence-corrected chi connectivity index (χ0v) is 18.4. The number of benzene rings is 2. The minimum Gasteiger partial charge on any atom is -0.505 e. The highest BCUT2D eigenvalue weighted by atomic mass is 35.5. The molecule has 4 aromatic rings. The van der Waals surface area contributed by atoms with Gasteiger partial charge in [0.2, 0.25) is 0 Å². The minimum absolute atomic E-state index is 0.0400. The van der Waals surface area contributed by atoms with Crippen molar-refractivity contribution in [3.8, 4) is 11.5 Å². The van der Waals surface area contributed by atoms with Gasteiger partial charge in [-0.05, 0) is 36.4 Å². The Balaban J connectivity index is 1.49. The predicted molar refractivity (Wildman–Crippen MR) is 124 cm³/mol. The predicted octanol–water partition coefficient (Wildman–Crippen LogP) is 4.28. The van der Waals surface area contributed by atoms with E-state index in [0.29, 0.717) is 32.9 Å². The van der Waals surface area contributed by atoms with Crippen LogP contribution in [0.3, 0.4) is 0 Å². The molecule has 3 heterocycles. The van der Waals surface area contributed by atoms with E-state index >= 15 is 0 Å². The summed E-state index contributed by atoms with van der Waals surface area (Å²) in [7, 11) is 0. The van der Waals surface area contributed by atoms with Crippen molar-refractivity contribution >= 4 is 40.2 Å². The van der Waals surface area contributed by atoms with E-state index < -0.39 is 6.04 Å². The van der Waals surface area contributed by atoms with Crippen LogP contribution in [0.15, 0.2) is 60.8 Å². The summed E-state index contributed by atoms with van der Waals surface area (Å²) in [5.74, 6) is 1.80. The number of aromatic nitrogens is 3. The number of nitrogens with one attached hydrogen (secondary N) is 1. The van der Waals surface area contributed by atoms with Crippen LogP contribution >= 0.6 is 23.4 Å². The van der Waals surface area contributed by atoms with E-state index in [0.717, 1.165) is 17.3 Å². The van der Waals surface area contributed by atoms with Gasteiger partial charge in [-0.1, -0.05) is 29.8 Å². The number of pyridine rings is 1. The van der Waals surface area contributed by atoms with Crippen molar-refractivity contribution in [3.05, 3.63) is 82.8 Å². The maximum atomic E-state index is 12.8.